The first-order valence-electron chi connectivity index (χ1n) is 13.0. The third-order valence-electron chi connectivity index (χ3n) is 7.32. The van der Waals surface area contributed by atoms with Gasteiger partial charge in [-0.3, -0.25) is 13.9 Å². The topological polar surface area (TPSA) is 111 Å². The Morgan fingerprint density at radius 1 is 1.14 bits per heavy atom. The lowest BCUT2D eigenvalue weighted by atomic mass is 9.80. The van der Waals surface area contributed by atoms with Crippen LogP contribution in [0.2, 0.25) is 0 Å². The number of alkyl halides is 2. The van der Waals surface area contributed by atoms with Crippen molar-refractivity contribution in [2.75, 3.05) is 24.5 Å². The number of nitrogens with one attached hydrogen (secondary N) is 1. The van der Waals surface area contributed by atoms with E-state index in [0.29, 0.717) is 11.1 Å². The molecule has 13 heteroatoms. The highest BCUT2D eigenvalue weighted by molar-refractivity contribution is 7.92. The number of esters is 1. The number of rotatable bonds is 8. The molecule has 2 aliphatic heterocycles. The number of fused-ring (bicyclic) bond motifs is 1. The quantitative estimate of drug-likeness (QED) is 0.299. The number of sulfonamides is 1. The minimum atomic E-state index is -4.22. The number of carbonyl (C=O) groups excluding carboxylic acids is 2. The maximum atomic E-state index is 14.3. The van der Waals surface area contributed by atoms with E-state index in [1.807, 2.05) is 0 Å². The number of anilines is 1. The van der Waals surface area contributed by atoms with Gasteiger partial charge in [-0.2, -0.15) is 8.78 Å². The molecule has 2 aliphatic rings. The number of methoxy groups -OCH3 is 1. The van der Waals surface area contributed by atoms with Crippen LogP contribution in [0.25, 0.3) is 11.1 Å². The summed E-state index contributed by atoms with van der Waals surface area (Å²) in [5, 5.41) is 2.64. The first-order chi connectivity index (χ1) is 19.9. The van der Waals surface area contributed by atoms with E-state index in [0.717, 1.165) is 16.4 Å². The minimum Gasteiger partial charge on any atom is -0.486 e. The molecule has 0 aromatic heterocycles. The van der Waals surface area contributed by atoms with Gasteiger partial charge in [-0.15, -0.1) is 0 Å². The summed E-state index contributed by atoms with van der Waals surface area (Å²) in [7, 11) is -3.04. The van der Waals surface area contributed by atoms with Crippen molar-refractivity contribution in [1.82, 2.24) is 5.32 Å². The van der Waals surface area contributed by atoms with E-state index in [1.165, 1.54) is 43.5 Å². The zero-order valence-electron chi connectivity index (χ0n) is 22.6. The summed E-state index contributed by atoms with van der Waals surface area (Å²) >= 11 is 0. The van der Waals surface area contributed by atoms with Crippen molar-refractivity contribution in [3.63, 3.8) is 0 Å². The van der Waals surface area contributed by atoms with Gasteiger partial charge in [0.15, 0.2) is 5.41 Å². The van der Waals surface area contributed by atoms with Crippen LogP contribution in [0.4, 0.5) is 18.9 Å². The second kappa shape index (κ2) is 11.2. The van der Waals surface area contributed by atoms with E-state index in [2.05, 4.69) is 10.1 Å². The highest BCUT2D eigenvalue weighted by atomic mass is 32.2. The van der Waals surface area contributed by atoms with E-state index in [9.17, 15) is 31.2 Å². The summed E-state index contributed by atoms with van der Waals surface area (Å²) in [4.78, 5) is 25.6. The molecule has 42 heavy (non-hydrogen) atoms. The van der Waals surface area contributed by atoms with Gasteiger partial charge in [-0.05, 0) is 66.4 Å². The Morgan fingerprint density at radius 2 is 1.93 bits per heavy atom. The van der Waals surface area contributed by atoms with E-state index < -0.39 is 51.6 Å². The number of amides is 1. The molecule has 0 saturated carbocycles. The summed E-state index contributed by atoms with van der Waals surface area (Å²) in [6.07, 6.45) is -0.923. The summed E-state index contributed by atoms with van der Waals surface area (Å²) in [6, 6.07) is 13.8. The van der Waals surface area contributed by atoms with Crippen molar-refractivity contribution >= 4 is 27.6 Å². The van der Waals surface area contributed by atoms with Gasteiger partial charge in [0, 0.05) is 19.0 Å². The fraction of sp³-hybridized carbons (Fsp3) is 0.310. The van der Waals surface area contributed by atoms with Crippen LogP contribution in [0.1, 0.15) is 18.4 Å². The molecular formula is C29H27F3N2O7S. The van der Waals surface area contributed by atoms with Crippen LogP contribution in [0.3, 0.4) is 0 Å². The van der Waals surface area contributed by atoms with E-state index >= 15 is 0 Å². The smallest absolute Gasteiger partial charge is 0.387 e. The third-order valence-corrected chi connectivity index (χ3v) is 9.10. The zero-order chi connectivity index (χ0) is 30.2. The SMILES string of the molecule is COC(=O)C1(C[C@H]2CN(S(=O)(=O)c3cccc(C)c3)c3cc(-c4cc(F)cc(OC(F)F)c4)ccc3O2)CCNC1=O. The number of hydrogen-bond donors (Lipinski definition) is 1. The van der Waals surface area contributed by atoms with Gasteiger partial charge < -0.3 is 19.5 Å². The summed E-state index contributed by atoms with van der Waals surface area (Å²) in [5.41, 5.74) is -0.281. The van der Waals surface area contributed by atoms with Crippen molar-refractivity contribution in [3.05, 3.63) is 72.0 Å². The van der Waals surface area contributed by atoms with Crippen molar-refractivity contribution < 1.29 is 45.4 Å². The fourth-order valence-electron chi connectivity index (χ4n) is 5.36. The molecule has 1 N–H and O–H groups in total. The predicted molar refractivity (Wildman–Crippen MR) is 145 cm³/mol. The number of halogens is 3. The Hall–Kier alpha value is -4.26. The molecule has 5 rings (SSSR count). The molecule has 0 bridgehead atoms. The lowest BCUT2D eigenvalue weighted by Gasteiger charge is -2.38. The Bertz CT molecular complexity index is 1650. The minimum absolute atomic E-state index is 0.000770. The van der Waals surface area contributed by atoms with Crippen molar-refractivity contribution in [3.8, 4) is 22.6 Å². The highest BCUT2D eigenvalue weighted by Gasteiger charge is 2.53. The van der Waals surface area contributed by atoms with Crippen molar-refractivity contribution in [1.29, 1.82) is 0 Å². The van der Waals surface area contributed by atoms with Crippen LogP contribution in [0, 0.1) is 18.2 Å². The van der Waals surface area contributed by atoms with Crippen molar-refractivity contribution in [2.45, 2.75) is 37.4 Å². The van der Waals surface area contributed by atoms with Gasteiger partial charge in [-0.1, -0.05) is 18.2 Å². The maximum Gasteiger partial charge on any atom is 0.387 e. The van der Waals surface area contributed by atoms with E-state index in [4.69, 9.17) is 9.47 Å². The number of hydrogen-bond acceptors (Lipinski definition) is 7. The standard InChI is InChI=1S/C29H27F3N2O7S/c1-17-4-3-5-23(10-17)42(37,38)34-16-22(15-29(27(36)39-2)8-9-33-26(29)35)40-25-7-6-18(13-24(25)34)19-11-20(30)14-21(12-19)41-28(31)32/h3-7,10-14,22,28H,8-9,15-16H2,1-2H3,(H,33,35)/t22-,29?/m0/s1. The monoisotopic (exact) mass is 604 g/mol. The second-order valence-electron chi connectivity index (χ2n) is 10.1. The molecule has 3 aromatic rings. The molecule has 1 unspecified atom stereocenters. The number of benzene rings is 3. The van der Waals surface area contributed by atoms with Crippen LogP contribution in [0.15, 0.2) is 65.6 Å². The molecule has 1 amide bonds. The Balaban J connectivity index is 1.60. The fourth-order valence-corrected chi connectivity index (χ4v) is 6.96. The van der Waals surface area contributed by atoms with Crippen molar-refractivity contribution in [2.24, 2.45) is 5.41 Å². The lowest BCUT2D eigenvalue weighted by molar-refractivity contribution is -0.158. The Morgan fingerprint density at radius 3 is 2.60 bits per heavy atom. The molecule has 0 spiro atoms. The third kappa shape index (κ3) is 5.48. The molecule has 0 aliphatic carbocycles. The molecule has 0 radical (unpaired) electrons. The maximum absolute atomic E-state index is 14.3. The molecule has 2 heterocycles. The van der Waals surface area contributed by atoms with Gasteiger partial charge >= 0.3 is 12.6 Å². The second-order valence-corrected chi connectivity index (χ2v) is 12.0. The first-order valence-corrected chi connectivity index (χ1v) is 14.4. The zero-order valence-corrected chi connectivity index (χ0v) is 23.4. The normalized spacial score (nSPS) is 20.1. The molecule has 2 atom stereocenters. The summed E-state index contributed by atoms with van der Waals surface area (Å²) in [6.45, 7) is -1.44. The van der Waals surface area contributed by atoms with Gasteiger partial charge in [0.05, 0.1) is 24.2 Å². The van der Waals surface area contributed by atoms with Crippen LogP contribution < -0.4 is 19.1 Å². The lowest BCUT2D eigenvalue weighted by Crippen LogP contribution is -2.49. The predicted octanol–water partition coefficient (Wildman–Crippen LogP) is 4.43. The van der Waals surface area contributed by atoms with Gasteiger partial charge in [0.1, 0.15) is 23.4 Å². The first kappa shape index (κ1) is 29.2. The average molecular weight is 605 g/mol. The summed E-state index contributed by atoms with van der Waals surface area (Å²) < 4.78 is 84.5. The Labute approximate surface area is 240 Å². The highest BCUT2D eigenvalue weighted by Crippen LogP contribution is 2.43. The van der Waals surface area contributed by atoms with E-state index in [-0.39, 0.29) is 47.8 Å². The Kier molecular flexibility index (Phi) is 7.80. The number of carbonyl (C=O) groups is 2. The number of nitrogens with zero attached hydrogens (tertiary/aromatic N) is 1. The molecular weight excluding hydrogens is 577 g/mol. The van der Waals surface area contributed by atoms with Gasteiger partial charge in [0.25, 0.3) is 10.0 Å². The van der Waals surface area contributed by atoms with Crippen LogP contribution in [-0.2, 0) is 24.3 Å². The molecule has 9 nitrogen and oxygen atoms in total. The molecule has 1 fully saturated rings. The van der Waals surface area contributed by atoms with Crippen LogP contribution in [0.5, 0.6) is 11.5 Å². The molecule has 1 saturated heterocycles. The number of aryl methyl sites for hydroxylation is 1. The van der Waals surface area contributed by atoms with Crippen LogP contribution >= 0.6 is 0 Å². The molecule has 3 aromatic carbocycles. The average Bonchev–Trinajstić information content (AvgIpc) is 3.31. The van der Waals surface area contributed by atoms with Gasteiger partial charge in [0.2, 0.25) is 5.91 Å². The van der Waals surface area contributed by atoms with Crippen LogP contribution in [-0.4, -0.2) is 53.2 Å². The largest absolute Gasteiger partial charge is 0.486 e. The summed E-state index contributed by atoms with van der Waals surface area (Å²) in [5.74, 6) is -2.38. The molecule has 222 valence electrons. The van der Waals surface area contributed by atoms with E-state index in [1.54, 1.807) is 19.1 Å². The van der Waals surface area contributed by atoms with Gasteiger partial charge in [-0.25, -0.2) is 12.8 Å². The number of ether oxygens (including phenoxy) is 3.